The van der Waals surface area contributed by atoms with Gasteiger partial charge < -0.3 is 5.11 Å². The molecule has 0 bridgehead atoms. The molecule has 0 radical (unpaired) electrons. The lowest BCUT2D eigenvalue weighted by molar-refractivity contribution is -0.140. The molecule has 0 aliphatic carbocycles. The minimum Gasteiger partial charge on any atom is -0.480 e. The Hall–Kier alpha value is -1.54. The number of carboxylic acids is 1. The van der Waals surface area contributed by atoms with Crippen molar-refractivity contribution < 1.29 is 27.1 Å². The fourth-order valence-corrected chi connectivity index (χ4v) is 2.91. The summed E-state index contributed by atoms with van der Waals surface area (Å²) in [5, 5.41) is 8.88. The standard InChI is InChI=1S/C11H13F2NO4S/c1-6(2)9(11(15)16)14-19(17,18)10-7(12)4-3-5-8(10)13/h3-6,9,14H,1-2H3,(H,15,16)/t9-/m0/s1. The van der Waals surface area contributed by atoms with Crippen molar-refractivity contribution in [2.24, 2.45) is 5.92 Å². The average Bonchev–Trinajstić information content (AvgIpc) is 2.24. The zero-order valence-corrected chi connectivity index (χ0v) is 11.0. The van der Waals surface area contributed by atoms with E-state index in [2.05, 4.69) is 0 Å². The van der Waals surface area contributed by atoms with Gasteiger partial charge in [0.05, 0.1) is 0 Å². The van der Waals surface area contributed by atoms with Crippen LogP contribution in [0.25, 0.3) is 0 Å². The Bertz CT molecular complexity index is 566. The second-order valence-corrected chi connectivity index (χ2v) is 5.88. The van der Waals surface area contributed by atoms with Gasteiger partial charge in [0, 0.05) is 0 Å². The van der Waals surface area contributed by atoms with Crippen molar-refractivity contribution in [1.29, 1.82) is 0 Å². The van der Waals surface area contributed by atoms with E-state index in [0.717, 1.165) is 18.2 Å². The Morgan fingerprint density at radius 3 is 2.11 bits per heavy atom. The predicted molar refractivity (Wildman–Crippen MR) is 62.9 cm³/mol. The van der Waals surface area contributed by atoms with Crippen LogP contribution in [0.15, 0.2) is 23.1 Å². The Balaban J connectivity index is 3.22. The van der Waals surface area contributed by atoms with Crippen molar-refractivity contribution in [3.05, 3.63) is 29.8 Å². The van der Waals surface area contributed by atoms with Crippen LogP contribution in [-0.2, 0) is 14.8 Å². The smallest absolute Gasteiger partial charge is 0.322 e. The lowest BCUT2D eigenvalue weighted by Gasteiger charge is -2.18. The van der Waals surface area contributed by atoms with Crippen LogP contribution in [0.5, 0.6) is 0 Å². The molecule has 0 aromatic heterocycles. The molecular weight excluding hydrogens is 280 g/mol. The highest BCUT2D eigenvalue weighted by Crippen LogP contribution is 2.19. The van der Waals surface area contributed by atoms with Crippen LogP contribution < -0.4 is 4.72 Å². The largest absolute Gasteiger partial charge is 0.480 e. The minimum absolute atomic E-state index is 0.581. The summed E-state index contributed by atoms with van der Waals surface area (Å²) in [6.45, 7) is 2.94. The van der Waals surface area contributed by atoms with Crippen LogP contribution in [0.4, 0.5) is 8.78 Å². The number of rotatable bonds is 5. The molecule has 0 heterocycles. The van der Waals surface area contributed by atoms with Gasteiger partial charge in [0.15, 0.2) is 4.90 Å². The second-order valence-electron chi connectivity index (χ2n) is 4.23. The Kier molecular flexibility index (Phi) is 4.59. The molecule has 19 heavy (non-hydrogen) atoms. The summed E-state index contributed by atoms with van der Waals surface area (Å²) < 4.78 is 52.2. The molecule has 0 amide bonds. The van der Waals surface area contributed by atoms with Crippen LogP contribution in [0.2, 0.25) is 0 Å². The molecule has 0 unspecified atom stereocenters. The third kappa shape index (κ3) is 3.48. The molecular formula is C11H13F2NO4S. The lowest BCUT2D eigenvalue weighted by Crippen LogP contribution is -2.44. The van der Waals surface area contributed by atoms with E-state index in [0.29, 0.717) is 0 Å². The number of sulfonamides is 1. The summed E-state index contributed by atoms with van der Waals surface area (Å²) >= 11 is 0. The van der Waals surface area contributed by atoms with Crippen molar-refractivity contribution in [1.82, 2.24) is 4.72 Å². The maximum absolute atomic E-state index is 13.4. The van der Waals surface area contributed by atoms with Crippen LogP contribution in [0.1, 0.15) is 13.8 Å². The maximum atomic E-state index is 13.4. The summed E-state index contributed by atoms with van der Waals surface area (Å²) in [6.07, 6.45) is 0. The summed E-state index contributed by atoms with van der Waals surface area (Å²) in [4.78, 5) is 9.73. The minimum atomic E-state index is -4.59. The first-order chi connectivity index (χ1) is 8.66. The van der Waals surface area contributed by atoms with Gasteiger partial charge in [0.1, 0.15) is 17.7 Å². The van der Waals surface area contributed by atoms with E-state index < -0.39 is 44.5 Å². The van der Waals surface area contributed by atoms with E-state index in [1.54, 1.807) is 4.72 Å². The molecule has 8 heteroatoms. The number of nitrogens with one attached hydrogen (secondary N) is 1. The molecule has 0 saturated heterocycles. The summed E-state index contributed by atoms with van der Waals surface area (Å²) in [5.74, 6) is -4.56. The molecule has 1 atom stereocenters. The third-order valence-electron chi connectivity index (χ3n) is 2.40. The van der Waals surface area contributed by atoms with E-state index >= 15 is 0 Å². The molecule has 1 rings (SSSR count). The number of hydrogen-bond donors (Lipinski definition) is 2. The number of hydrogen-bond acceptors (Lipinski definition) is 3. The van der Waals surface area contributed by atoms with Gasteiger partial charge in [-0.05, 0) is 18.1 Å². The summed E-state index contributed by atoms with van der Waals surface area (Å²) in [7, 11) is -4.59. The SMILES string of the molecule is CC(C)[C@H](NS(=O)(=O)c1c(F)cccc1F)C(=O)O. The number of halogens is 2. The first kappa shape index (κ1) is 15.5. The molecule has 0 aliphatic heterocycles. The van der Waals surface area contributed by atoms with Crippen LogP contribution >= 0.6 is 0 Å². The number of carboxylic acid groups (broad SMARTS) is 1. The molecule has 0 fully saturated rings. The first-order valence-corrected chi connectivity index (χ1v) is 6.84. The molecule has 2 N–H and O–H groups in total. The fraction of sp³-hybridized carbons (Fsp3) is 0.364. The van der Waals surface area contributed by atoms with Crippen LogP contribution in [-0.4, -0.2) is 25.5 Å². The predicted octanol–water partition coefficient (Wildman–Crippen LogP) is 1.35. The highest BCUT2D eigenvalue weighted by atomic mass is 32.2. The van der Waals surface area contributed by atoms with Crippen molar-refractivity contribution in [2.45, 2.75) is 24.8 Å². The monoisotopic (exact) mass is 293 g/mol. The molecule has 0 spiro atoms. The Labute approximate surface area is 109 Å². The molecule has 1 aromatic rings. The summed E-state index contributed by atoms with van der Waals surface area (Å²) in [5.41, 5.74) is 0. The fourth-order valence-electron chi connectivity index (χ4n) is 1.44. The van der Waals surface area contributed by atoms with Gasteiger partial charge in [0.2, 0.25) is 10.0 Å². The maximum Gasteiger partial charge on any atom is 0.322 e. The molecule has 0 aliphatic rings. The number of carbonyl (C=O) groups is 1. The Morgan fingerprint density at radius 1 is 1.26 bits per heavy atom. The first-order valence-electron chi connectivity index (χ1n) is 5.36. The zero-order chi connectivity index (χ0) is 14.8. The van der Waals surface area contributed by atoms with E-state index in [4.69, 9.17) is 5.11 Å². The van der Waals surface area contributed by atoms with Gasteiger partial charge in [-0.1, -0.05) is 19.9 Å². The zero-order valence-electron chi connectivity index (χ0n) is 10.2. The molecule has 1 aromatic carbocycles. The quantitative estimate of drug-likeness (QED) is 0.858. The number of benzene rings is 1. The van der Waals surface area contributed by atoms with E-state index in [1.807, 2.05) is 0 Å². The number of aliphatic carboxylic acids is 1. The average molecular weight is 293 g/mol. The highest BCUT2D eigenvalue weighted by molar-refractivity contribution is 7.89. The van der Waals surface area contributed by atoms with Gasteiger partial charge >= 0.3 is 5.97 Å². The molecule has 106 valence electrons. The highest BCUT2D eigenvalue weighted by Gasteiger charge is 2.31. The normalized spacial score (nSPS) is 13.5. The summed E-state index contributed by atoms with van der Waals surface area (Å²) in [6, 6.07) is 1.11. The van der Waals surface area contributed by atoms with Crippen LogP contribution in [0, 0.1) is 17.6 Å². The van der Waals surface area contributed by atoms with Gasteiger partial charge in [-0.25, -0.2) is 17.2 Å². The topological polar surface area (TPSA) is 83.5 Å². The lowest BCUT2D eigenvalue weighted by atomic mass is 10.1. The van der Waals surface area contributed by atoms with E-state index in [9.17, 15) is 22.0 Å². The van der Waals surface area contributed by atoms with Gasteiger partial charge in [-0.3, -0.25) is 4.79 Å². The van der Waals surface area contributed by atoms with Gasteiger partial charge in [-0.2, -0.15) is 4.72 Å². The van der Waals surface area contributed by atoms with Crippen LogP contribution in [0.3, 0.4) is 0 Å². The molecule has 0 saturated carbocycles. The van der Waals surface area contributed by atoms with Gasteiger partial charge in [0.25, 0.3) is 0 Å². The third-order valence-corrected chi connectivity index (χ3v) is 3.89. The van der Waals surface area contributed by atoms with Crippen molar-refractivity contribution in [3.63, 3.8) is 0 Å². The van der Waals surface area contributed by atoms with E-state index in [1.165, 1.54) is 13.8 Å². The van der Waals surface area contributed by atoms with Crippen molar-refractivity contribution in [3.8, 4) is 0 Å². The van der Waals surface area contributed by atoms with E-state index in [-0.39, 0.29) is 0 Å². The van der Waals surface area contributed by atoms with Crippen molar-refractivity contribution in [2.75, 3.05) is 0 Å². The second kappa shape index (κ2) is 5.62. The van der Waals surface area contributed by atoms with Crippen molar-refractivity contribution >= 4 is 16.0 Å². The molecule has 5 nitrogen and oxygen atoms in total. The van der Waals surface area contributed by atoms with Gasteiger partial charge in [-0.15, -0.1) is 0 Å². The Morgan fingerprint density at radius 2 is 1.74 bits per heavy atom.